The first kappa shape index (κ1) is 15.2. The Labute approximate surface area is 124 Å². The summed E-state index contributed by atoms with van der Waals surface area (Å²) in [7, 11) is 0. The van der Waals surface area contributed by atoms with Crippen LogP contribution < -0.4 is 0 Å². The smallest absolute Gasteiger partial charge is 0.0180 e. The quantitative estimate of drug-likeness (QED) is 0.737. The van der Waals surface area contributed by atoms with Crippen molar-refractivity contribution in [3.05, 3.63) is 47.7 Å². The van der Waals surface area contributed by atoms with Gasteiger partial charge in [0.15, 0.2) is 0 Å². The molecule has 0 saturated carbocycles. The van der Waals surface area contributed by atoms with Gasteiger partial charge in [-0.25, -0.2) is 0 Å². The molecule has 0 N–H and O–H groups in total. The Balaban J connectivity index is 1.89. The Morgan fingerprint density at radius 2 is 1.70 bits per heavy atom. The summed E-state index contributed by atoms with van der Waals surface area (Å²) in [5.41, 5.74) is 4.52. The molecule has 1 aliphatic heterocycles. The molecule has 0 aliphatic carbocycles. The highest BCUT2D eigenvalue weighted by atomic mass is 15.1. The van der Waals surface area contributed by atoms with Gasteiger partial charge >= 0.3 is 0 Å². The molecule has 1 aliphatic rings. The molecule has 0 unspecified atom stereocenters. The molecule has 1 heteroatoms. The molecule has 1 aromatic carbocycles. The molecule has 0 aromatic heterocycles. The van der Waals surface area contributed by atoms with E-state index >= 15 is 0 Å². The van der Waals surface area contributed by atoms with Gasteiger partial charge in [-0.3, -0.25) is 0 Å². The van der Waals surface area contributed by atoms with Crippen LogP contribution in [-0.2, 0) is 0 Å². The zero-order valence-electron chi connectivity index (χ0n) is 13.6. The zero-order valence-corrected chi connectivity index (χ0v) is 13.6. The Bertz CT molecular complexity index is 442. The Morgan fingerprint density at radius 1 is 1.15 bits per heavy atom. The average Bonchev–Trinajstić information content (AvgIpc) is 2.38. The number of piperidine rings is 1. The predicted octanol–water partition coefficient (Wildman–Crippen LogP) is 5.12. The topological polar surface area (TPSA) is 3.24 Å². The number of hydrogen-bond acceptors (Lipinski definition) is 1. The average molecular weight is 271 g/mol. The summed E-state index contributed by atoms with van der Waals surface area (Å²) in [6, 6.07) is 9.08. The van der Waals surface area contributed by atoms with Crippen LogP contribution in [0.4, 0.5) is 0 Å². The van der Waals surface area contributed by atoms with Gasteiger partial charge in [0.25, 0.3) is 0 Å². The molecule has 0 atom stereocenters. The van der Waals surface area contributed by atoms with Crippen molar-refractivity contribution < 1.29 is 0 Å². The Kier molecular flexibility index (Phi) is 4.57. The van der Waals surface area contributed by atoms with E-state index < -0.39 is 0 Å². The van der Waals surface area contributed by atoms with Crippen LogP contribution in [0.15, 0.2) is 36.5 Å². The monoisotopic (exact) mass is 271 g/mol. The van der Waals surface area contributed by atoms with Crippen molar-refractivity contribution in [3.63, 3.8) is 0 Å². The molecule has 1 fully saturated rings. The van der Waals surface area contributed by atoms with Crippen molar-refractivity contribution in [2.45, 2.75) is 52.9 Å². The van der Waals surface area contributed by atoms with E-state index in [9.17, 15) is 0 Å². The minimum Gasteiger partial charge on any atom is -0.375 e. The van der Waals surface area contributed by atoms with Crippen LogP contribution in [0.25, 0.3) is 0 Å². The van der Waals surface area contributed by atoms with E-state index in [1.54, 1.807) is 0 Å². The predicted molar refractivity (Wildman–Crippen MR) is 87.9 cm³/mol. The third kappa shape index (κ3) is 4.13. The third-order valence-electron chi connectivity index (χ3n) is 4.23. The second kappa shape index (κ2) is 6.03. The molecule has 1 saturated heterocycles. The first-order valence-corrected chi connectivity index (χ1v) is 7.84. The van der Waals surface area contributed by atoms with Gasteiger partial charge in [0.05, 0.1) is 0 Å². The highest BCUT2D eigenvalue weighted by Gasteiger charge is 2.23. The van der Waals surface area contributed by atoms with Crippen LogP contribution in [0.5, 0.6) is 0 Å². The van der Waals surface area contributed by atoms with E-state index in [0.29, 0.717) is 5.41 Å². The summed E-state index contributed by atoms with van der Waals surface area (Å²) < 4.78 is 0. The largest absolute Gasteiger partial charge is 0.375 e. The second-order valence-electron chi connectivity index (χ2n) is 7.48. The molecule has 1 aromatic rings. The molecule has 0 bridgehead atoms. The summed E-state index contributed by atoms with van der Waals surface area (Å²) in [4.78, 5) is 2.50. The fourth-order valence-electron chi connectivity index (χ4n) is 3.09. The van der Waals surface area contributed by atoms with Crippen molar-refractivity contribution in [2.75, 3.05) is 13.1 Å². The van der Waals surface area contributed by atoms with Gasteiger partial charge in [0, 0.05) is 18.8 Å². The Morgan fingerprint density at radius 3 is 2.20 bits per heavy atom. The fraction of sp³-hybridized carbons (Fsp3) is 0.579. The van der Waals surface area contributed by atoms with Gasteiger partial charge in [-0.1, -0.05) is 57.2 Å². The second-order valence-corrected chi connectivity index (χ2v) is 7.48. The van der Waals surface area contributed by atoms with Crippen molar-refractivity contribution in [2.24, 2.45) is 5.41 Å². The van der Waals surface area contributed by atoms with E-state index in [2.05, 4.69) is 63.4 Å². The number of aryl methyl sites for hydroxylation is 1. The zero-order chi connectivity index (χ0) is 14.8. The maximum atomic E-state index is 4.30. The number of hydrogen-bond donors (Lipinski definition) is 0. The molecule has 0 spiro atoms. The number of nitrogens with zero attached hydrogens (tertiary/aromatic N) is 1. The molecule has 20 heavy (non-hydrogen) atoms. The van der Waals surface area contributed by atoms with E-state index in [0.717, 1.165) is 25.4 Å². The SMILES string of the molecule is C=C(CC(C)(C)C)N1CCC(c2ccc(C)cc2)CC1. The van der Waals surface area contributed by atoms with Crippen molar-refractivity contribution in [1.82, 2.24) is 4.90 Å². The Hall–Kier alpha value is -1.24. The van der Waals surface area contributed by atoms with E-state index in [1.807, 2.05) is 0 Å². The van der Waals surface area contributed by atoms with E-state index in [-0.39, 0.29) is 0 Å². The molecular formula is C19H29N. The molecular weight excluding hydrogens is 242 g/mol. The molecule has 0 amide bonds. The lowest BCUT2D eigenvalue weighted by atomic mass is 9.87. The van der Waals surface area contributed by atoms with E-state index in [1.165, 1.54) is 29.7 Å². The van der Waals surface area contributed by atoms with Crippen LogP contribution in [-0.4, -0.2) is 18.0 Å². The summed E-state index contributed by atoms with van der Waals surface area (Å²) in [6.07, 6.45) is 3.61. The minimum absolute atomic E-state index is 0.338. The standard InChI is InChI=1S/C19H29N/c1-15-6-8-17(9-7-15)18-10-12-20(13-11-18)16(2)14-19(3,4)5/h6-9,18H,2,10-14H2,1,3-5H3. The van der Waals surface area contributed by atoms with Gasteiger partial charge in [0.2, 0.25) is 0 Å². The molecule has 2 rings (SSSR count). The van der Waals surface area contributed by atoms with Crippen molar-refractivity contribution in [3.8, 4) is 0 Å². The van der Waals surface area contributed by atoms with Gasteiger partial charge in [-0.15, -0.1) is 0 Å². The number of allylic oxidation sites excluding steroid dienone is 1. The van der Waals surface area contributed by atoms with Gasteiger partial charge in [-0.05, 0) is 43.1 Å². The number of benzene rings is 1. The number of rotatable bonds is 3. The molecule has 1 heterocycles. The van der Waals surface area contributed by atoms with Crippen molar-refractivity contribution >= 4 is 0 Å². The maximum Gasteiger partial charge on any atom is 0.0180 e. The lowest BCUT2D eigenvalue weighted by Gasteiger charge is -2.37. The van der Waals surface area contributed by atoms with Crippen LogP contribution in [0.1, 0.15) is 57.1 Å². The molecule has 110 valence electrons. The maximum absolute atomic E-state index is 4.30. The van der Waals surface area contributed by atoms with Gasteiger partial charge in [-0.2, -0.15) is 0 Å². The summed E-state index contributed by atoms with van der Waals surface area (Å²) in [6.45, 7) is 15.6. The first-order valence-electron chi connectivity index (χ1n) is 7.84. The fourth-order valence-corrected chi connectivity index (χ4v) is 3.09. The highest BCUT2D eigenvalue weighted by molar-refractivity contribution is 5.25. The molecule has 1 nitrogen and oxygen atoms in total. The van der Waals surface area contributed by atoms with Crippen LogP contribution in [0, 0.1) is 12.3 Å². The lowest BCUT2D eigenvalue weighted by molar-refractivity contribution is 0.236. The normalized spacial score (nSPS) is 17.3. The van der Waals surface area contributed by atoms with Crippen molar-refractivity contribution in [1.29, 1.82) is 0 Å². The first-order chi connectivity index (χ1) is 9.35. The van der Waals surface area contributed by atoms with Crippen LogP contribution in [0.2, 0.25) is 0 Å². The highest BCUT2D eigenvalue weighted by Crippen LogP contribution is 2.32. The number of likely N-dealkylation sites (tertiary alicyclic amines) is 1. The van der Waals surface area contributed by atoms with Crippen LogP contribution >= 0.6 is 0 Å². The summed E-state index contributed by atoms with van der Waals surface area (Å²) in [5.74, 6) is 0.731. The molecule has 0 radical (unpaired) electrons. The minimum atomic E-state index is 0.338. The third-order valence-corrected chi connectivity index (χ3v) is 4.23. The summed E-state index contributed by atoms with van der Waals surface area (Å²) in [5, 5.41) is 0. The van der Waals surface area contributed by atoms with E-state index in [4.69, 9.17) is 0 Å². The lowest BCUT2D eigenvalue weighted by Crippen LogP contribution is -2.33. The van der Waals surface area contributed by atoms with Gasteiger partial charge in [0.1, 0.15) is 0 Å². The van der Waals surface area contributed by atoms with Gasteiger partial charge < -0.3 is 4.90 Å². The van der Waals surface area contributed by atoms with Crippen LogP contribution in [0.3, 0.4) is 0 Å². The summed E-state index contributed by atoms with van der Waals surface area (Å²) >= 11 is 0.